The highest BCUT2D eigenvalue weighted by Crippen LogP contribution is 2.34. The van der Waals surface area contributed by atoms with Crippen molar-refractivity contribution in [2.75, 3.05) is 11.4 Å². The minimum atomic E-state index is -0.365. The second kappa shape index (κ2) is 5.65. The lowest BCUT2D eigenvalue weighted by Crippen LogP contribution is -2.30. The standard InChI is InChI=1S/C16H15Cl2NO/c17-13-6-5-11(9-14(13)18)10-19-8-7-16(20)12-3-1-2-4-15(12)19/h1-6,9,16,20H,7-8,10H2. The maximum Gasteiger partial charge on any atom is 0.0826 e. The first-order valence-electron chi connectivity index (χ1n) is 6.61. The number of benzene rings is 2. The fourth-order valence-corrected chi connectivity index (χ4v) is 2.95. The second-order valence-electron chi connectivity index (χ2n) is 5.03. The Balaban J connectivity index is 1.88. The van der Waals surface area contributed by atoms with E-state index in [2.05, 4.69) is 11.0 Å². The molecule has 0 fully saturated rings. The predicted molar refractivity (Wildman–Crippen MR) is 83.5 cm³/mol. The average Bonchev–Trinajstić information content (AvgIpc) is 2.46. The Morgan fingerprint density at radius 2 is 1.90 bits per heavy atom. The third kappa shape index (κ3) is 2.64. The molecule has 1 N–H and O–H groups in total. The van der Waals surface area contributed by atoms with Crippen LogP contribution in [0.2, 0.25) is 10.0 Å². The first-order valence-corrected chi connectivity index (χ1v) is 7.36. The quantitative estimate of drug-likeness (QED) is 0.886. The van der Waals surface area contributed by atoms with Crippen molar-refractivity contribution in [2.24, 2.45) is 0 Å². The van der Waals surface area contributed by atoms with Gasteiger partial charge in [0.1, 0.15) is 0 Å². The largest absolute Gasteiger partial charge is 0.388 e. The number of para-hydroxylation sites is 1. The number of aliphatic hydroxyl groups excluding tert-OH is 1. The van der Waals surface area contributed by atoms with Crippen LogP contribution in [0.3, 0.4) is 0 Å². The van der Waals surface area contributed by atoms with Gasteiger partial charge in [0.05, 0.1) is 16.1 Å². The zero-order valence-corrected chi connectivity index (χ0v) is 12.4. The van der Waals surface area contributed by atoms with E-state index in [1.807, 2.05) is 36.4 Å². The van der Waals surface area contributed by atoms with E-state index >= 15 is 0 Å². The van der Waals surface area contributed by atoms with E-state index in [4.69, 9.17) is 23.2 Å². The molecule has 0 saturated carbocycles. The highest BCUT2D eigenvalue weighted by molar-refractivity contribution is 6.42. The minimum absolute atomic E-state index is 0.365. The van der Waals surface area contributed by atoms with E-state index in [1.54, 1.807) is 0 Å². The maximum atomic E-state index is 10.1. The van der Waals surface area contributed by atoms with Gasteiger partial charge in [-0.25, -0.2) is 0 Å². The smallest absolute Gasteiger partial charge is 0.0826 e. The Kier molecular flexibility index (Phi) is 3.88. The molecule has 0 bridgehead atoms. The van der Waals surface area contributed by atoms with Crippen molar-refractivity contribution in [3.05, 3.63) is 63.6 Å². The number of aliphatic hydroxyl groups is 1. The number of rotatable bonds is 2. The van der Waals surface area contributed by atoms with E-state index in [0.29, 0.717) is 10.0 Å². The van der Waals surface area contributed by atoms with Crippen LogP contribution in [0.1, 0.15) is 23.7 Å². The summed E-state index contributed by atoms with van der Waals surface area (Å²) in [5, 5.41) is 11.2. The van der Waals surface area contributed by atoms with Crippen molar-refractivity contribution in [1.29, 1.82) is 0 Å². The molecule has 104 valence electrons. The van der Waals surface area contributed by atoms with E-state index < -0.39 is 0 Å². The SMILES string of the molecule is OC1CCN(Cc2ccc(Cl)c(Cl)c2)c2ccccc21. The van der Waals surface area contributed by atoms with Crippen molar-refractivity contribution in [2.45, 2.75) is 19.1 Å². The predicted octanol–water partition coefficient (Wildman–Crippen LogP) is 4.44. The molecule has 0 aromatic heterocycles. The highest BCUT2D eigenvalue weighted by atomic mass is 35.5. The molecule has 1 aliphatic heterocycles. The molecule has 20 heavy (non-hydrogen) atoms. The van der Waals surface area contributed by atoms with Crippen LogP contribution in [0.4, 0.5) is 5.69 Å². The monoisotopic (exact) mass is 307 g/mol. The van der Waals surface area contributed by atoms with Crippen molar-refractivity contribution in [3.63, 3.8) is 0 Å². The van der Waals surface area contributed by atoms with Crippen molar-refractivity contribution in [3.8, 4) is 0 Å². The molecular formula is C16H15Cl2NO. The van der Waals surface area contributed by atoms with Crippen LogP contribution in [-0.4, -0.2) is 11.7 Å². The Morgan fingerprint density at radius 3 is 2.70 bits per heavy atom. The van der Waals surface area contributed by atoms with Gasteiger partial charge in [-0.3, -0.25) is 0 Å². The lowest BCUT2D eigenvalue weighted by atomic mass is 9.98. The number of hydrogen-bond donors (Lipinski definition) is 1. The van der Waals surface area contributed by atoms with Gasteiger partial charge >= 0.3 is 0 Å². The number of nitrogens with zero attached hydrogens (tertiary/aromatic N) is 1. The summed E-state index contributed by atoms with van der Waals surface area (Å²) in [7, 11) is 0. The summed E-state index contributed by atoms with van der Waals surface area (Å²) in [5.41, 5.74) is 3.21. The Hall–Kier alpha value is -1.22. The molecule has 4 heteroatoms. The van der Waals surface area contributed by atoms with Gasteiger partial charge in [0, 0.05) is 24.3 Å². The Morgan fingerprint density at radius 1 is 1.10 bits per heavy atom. The molecule has 1 aliphatic rings. The van der Waals surface area contributed by atoms with Crippen LogP contribution in [0.15, 0.2) is 42.5 Å². The number of fused-ring (bicyclic) bond motifs is 1. The molecule has 0 amide bonds. The van der Waals surface area contributed by atoms with Crippen LogP contribution >= 0.6 is 23.2 Å². The summed E-state index contributed by atoms with van der Waals surface area (Å²) in [4.78, 5) is 2.27. The van der Waals surface area contributed by atoms with Gasteiger partial charge in [-0.2, -0.15) is 0 Å². The number of hydrogen-bond acceptors (Lipinski definition) is 2. The molecule has 2 aromatic carbocycles. The minimum Gasteiger partial charge on any atom is -0.388 e. The molecule has 0 aliphatic carbocycles. The third-order valence-electron chi connectivity index (χ3n) is 3.67. The lowest BCUT2D eigenvalue weighted by Gasteiger charge is -2.34. The summed E-state index contributed by atoms with van der Waals surface area (Å²) in [5.74, 6) is 0. The molecule has 2 aromatic rings. The molecule has 0 saturated heterocycles. The summed E-state index contributed by atoms with van der Waals surface area (Å²) in [6.07, 6.45) is 0.384. The Bertz CT molecular complexity index is 630. The summed E-state index contributed by atoms with van der Waals surface area (Å²) >= 11 is 12.0. The van der Waals surface area contributed by atoms with Crippen LogP contribution < -0.4 is 4.90 Å². The van der Waals surface area contributed by atoms with E-state index in [-0.39, 0.29) is 6.10 Å². The molecule has 1 unspecified atom stereocenters. The van der Waals surface area contributed by atoms with Gasteiger partial charge in [0.15, 0.2) is 0 Å². The average molecular weight is 308 g/mol. The summed E-state index contributed by atoms with van der Waals surface area (Å²) in [6, 6.07) is 13.7. The van der Waals surface area contributed by atoms with Gasteiger partial charge in [0.25, 0.3) is 0 Å². The van der Waals surface area contributed by atoms with Crippen LogP contribution in [-0.2, 0) is 6.54 Å². The number of anilines is 1. The topological polar surface area (TPSA) is 23.5 Å². The fraction of sp³-hybridized carbons (Fsp3) is 0.250. The van der Waals surface area contributed by atoms with Crippen LogP contribution in [0.5, 0.6) is 0 Å². The van der Waals surface area contributed by atoms with Crippen molar-refractivity contribution in [1.82, 2.24) is 0 Å². The molecule has 0 radical (unpaired) electrons. The normalized spacial score (nSPS) is 17.9. The van der Waals surface area contributed by atoms with Gasteiger partial charge in [-0.15, -0.1) is 0 Å². The number of halogens is 2. The zero-order valence-electron chi connectivity index (χ0n) is 10.9. The molecule has 0 spiro atoms. The lowest BCUT2D eigenvalue weighted by molar-refractivity contribution is 0.164. The molecular weight excluding hydrogens is 293 g/mol. The summed E-state index contributed by atoms with van der Waals surface area (Å²) < 4.78 is 0. The van der Waals surface area contributed by atoms with Gasteiger partial charge < -0.3 is 10.0 Å². The molecule has 3 rings (SSSR count). The molecule has 1 heterocycles. The maximum absolute atomic E-state index is 10.1. The van der Waals surface area contributed by atoms with Crippen molar-refractivity contribution >= 4 is 28.9 Å². The van der Waals surface area contributed by atoms with Crippen LogP contribution in [0.25, 0.3) is 0 Å². The van der Waals surface area contributed by atoms with Gasteiger partial charge in [-0.1, -0.05) is 47.5 Å². The van der Waals surface area contributed by atoms with Crippen molar-refractivity contribution < 1.29 is 5.11 Å². The first kappa shape index (κ1) is 13.7. The third-order valence-corrected chi connectivity index (χ3v) is 4.41. The van der Waals surface area contributed by atoms with E-state index in [1.165, 1.54) is 0 Å². The van der Waals surface area contributed by atoms with Gasteiger partial charge in [0.2, 0.25) is 0 Å². The van der Waals surface area contributed by atoms with E-state index in [9.17, 15) is 5.11 Å². The van der Waals surface area contributed by atoms with E-state index in [0.717, 1.165) is 36.3 Å². The second-order valence-corrected chi connectivity index (χ2v) is 5.85. The van der Waals surface area contributed by atoms with Crippen LogP contribution in [0, 0.1) is 0 Å². The van der Waals surface area contributed by atoms with Gasteiger partial charge in [-0.05, 0) is 30.2 Å². The molecule has 1 atom stereocenters. The fourth-order valence-electron chi connectivity index (χ4n) is 2.63. The highest BCUT2D eigenvalue weighted by Gasteiger charge is 2.22. The zero-order chi connectivity index (χ0) is 14.1. The Labute approximate surface area is 128 Å². The molecule has 2 nitrogen and oxygen atoms in total. The first-order chi connectivity index (χ1) is 9.65. The summed E-state index contributed by atoms with van der Waals surface area (Å²) in [6.45, 7) is 1.60.